The Balaban J connectivity index is 1.75. The van der Waals surface area contributed by atoms with Gasteiger partial charge in [-0.1, -0.05) is 57.4 Å². The lowest BCUT2D eigenvalue weighted by Gasteiger charge is -2.04. The third-order valence-corrected chi connectivity index (χ3v) is 4.53. The van der Waals surface area contributed by atoms with E-state index in [9.17, 15) is 4.79 Å². The Morgan fingerprint density at radius 1 is 1.22 bits per heavy atom. The van der Waals surface area contributed by atoms with E-state index in [1.807, 2.05) is 24.3 Å². The average Bonchev–Trinajstić information content (AvgIpc) is 2.46. The van der Waals surface area contributed by atoms with Crippen LogP contribution in [0, 0.1) is 13.8 Å². The summed E-state index contributed by atoms with van der Waals surface area (Å²) in [5, 5.41) is 3.98. The number of nitrogens with zero attached hydrogens (tertiary/aromatic N) is 1. The minimum atomic E-state index is -0.0920. The summed E-state index contributed by atoms with van der Waals surface area (Å²) < 4.78 is 0.983. The molecule has 3 nitrogen and oxygen atoms in total. The lowest BCUT2D eigenvalue weighted by molar-refractivity contribution is -0.118. The van der Waals surface area contributed by atoms with E-state index in [2.05, 4.69) is 58.5 Å². The summed E-state index contributed by atoms with van der Waals surface area (Å²) in [6.45, 7) is 4.18. The highest BCUT2D eigenvalue weighted by molar-refractivity contribution is 9.10. The van der Waals surface area contributed by atoms with Gasteiger partial charge in [-0.2, -0.15) is 5.10 Å². The Kier molecular flexibility index (Phi) is 6.86. The van der Waals surface area contributed by atoms with Gasteiger partial charge in [0.2, 0.25) is 5.91 Å². The van der Waals surface area contributed by atoms with Crippen molar-refractivity contribution in [1.29, 1.82) is 0 Å². The number of amides is 1. The zero-order chi connectivity index (χ0) is 16.7. The van der Waals surface area contributed by atoms with Gasteiger partial charge < -0.3 is 0 Å². The standard InChI is InChI=1S/C18H19BrN2OS/c1-13-6-14(2)8-16(7-13)11-23-12-18(22)21-20-10-15-4-3-5-17(19)9-15/h3-10H,11-12H2,1-2H3,(H,21,22)/b20-10-. The Morgan fingerprint density at radius 2 is 1.96 bits per heavy atom. The first-order valence-electron chi connectivity index (χ1n) is 7.25. The van der Waals surface area contributed by atoms with E-state index in [1.165, 1.54) is 16.7 Å². The molecule has 5 heteroatoms. The Hall–Kier alpha value is -1.59. The first-order valence-corrected chi connectivity index (χ1v) is 9.20. The number of carbonyl (C=O) groups is 1. The average molecular weight is 391 g/mol. The largest absolute Gasteiger partial charge is 0.272 e. The van der Waals surface area contributed by atoms with Gasteiger partial charge in [0.05, 0.1) is 12.0 Å². The zero-order valence-electron chi connectivity index (χ0n) is 13.2. The first-order chi connectivity index (χ1) is 11.0. The number of hydrogen-bond donors (Lipinski definition) is 1. The predicted octanol–water partition coefficient (Wildman–Crippen LogP) is 4.45. The molecule has 0 fully saturated rings. The van der Waals surface area contributed by atoms with Crippen LogP contribution in [0.25, 0.3) is 0 Å². The number of rotatable bonds is 6. The van der Waals surface area contributed by atoms with Crippen LogP contribution in [0.5, 0.6) is 0 Å². The van der Waals surface area contributed by atoms with Crippen molar-refractivity contribution in [2.45, 2.75) is 19.6 Å². The van der Waals surface area contributed by atoms with Gasteiger partial charge in [0.25, 0.3) is 0 Å². The van der Waals surface area contributed by atoms with Crippen LogP contribution in [0.1, 0.15) is 22.3 Å². The summed E-state index contributed by atoms with van der Waals surface area (Å²) in [6, 6.07) is 14.2. The smallest absolute Gasteiger partial charge is 0.250 e. The number of nitrogens with one attached hydrogen (secondary N) is 1. The van der Waals surface area contributed by atoms with Crippen molar-refractivity contribution in [3.8, 4) is 0 Å². The van der Waals surface area contributed by atoms with Crippen molar-refractivity contribution in [2.24, 2.45) is 5.10 Å². The molecule has 0 atom stereocenters. The normalized spacial score (nSPS) is 10.9. The minimum Gasteiger partial charge on any atom is -0.272 e. The molecule has 0 radical (unpaired) electrons. The molecule has 1 N–H and O–H groups in total. The predicted molar refractivity (Wildman–Crippen MR) is 102 cm³/mol. The molecular weight excluding hydrogens is 372 g/mol. The summed E-state index contributed by atoms with van der Waals surface area (Å²) in [4.78, 5) is 11.8. The molecule has 0 bridgehead atoms. The third-order valence-electron chi connectivity index (χ3n) is 3.03. The molecule has 1 amide bonds. The molecule has 0 saturated carbocycles. The Labute approximate surface area is 149 Å². The van der Waals surface area contributed by atoms with Crippen molar-refractivity contribution in [3.05, 3.63) is 69.2 Å². The second kappa shape index (κ2) is 8.89. The van der Waals surface area contributed by atoms with Crippen molar-refractivity contribution >= 4 is 39.8 Å². The molecule has 2 aromatic carbocycles. The number of hydrazone groups is 1. The van der Waals surface area contributed by atoms with Crippen LogP contribution in [-0.4, -0.2) is 17.9 Å². The van der Waals surface area contributed by atoms with Crippen molar-refractivity contribution in [3.63, 3.8) is 0 Å². The van der Waals surface area contributed by atoms with E-state index >= 15 is 0 Å². The second-order valence-electron chi connectivity index (χ2n) is 5.34. The maximum absolute atomic E-state index is 11.8. The van der Waals surface area contributed by atoms with E-state index in [4.69, 9.17) is 0 Å². The summed E-state index contributed by atoms with van der Waals surface area (Å²) in [5.74, 6) is 1.12. The highest BCUT2D eigenvalue weighted by atomic mass is 79.9. The number of hydrogen-bond acceptors (Lipinski definition) is 3. The van der Waals surface area contributed by atoms with Gasteiger partial charge in [-0.15, -0.1) is 11.8 Å². The fraction of sp³-hybridized carbons (Fsp3) is 0.222. The molecule has 0 aliphatic rings. The molecular formula is C18H19BrN2OS. The lowest BCUT2D eigenvalue weighted by atomic mass is 10.1. The molecule has 0 spiro atoms. The molecule has 23 heavy (non-hydrogen) atoms. The Morgan fingerprint density at radius 3 is 2.65 bits per heavy atom. The van der Waals surface area contributed by atoms with Gasteiger partial charge in [0, 0.05) is 10.2 Å². The van der Waals surface area contributed by atoms with Crippen LogP contribution in [0.15, 0.2) is 52.0 Å². The second-order valence-corrected chi connectivity index (χ2v) is 7.24. The summed E-state index contributed by atoms with van der Waals surface area (Å²) in [5.41, 5.74) is 7.24. The van der Waals surface area contributed by atoms with Crippen LogP contribution in [-0.2, 0) is 10.5 Å². The fourth-order valence-corrected chi connectivity index (χ4v) is 3.38. The monoisotopic (exact) mass is 390 g/mol. The highest BCUT2D eigenvalue weighted by Crippen LogP contribution is 2.15. The molecule has 120 valence electrons. The molecule has 2 rings (SSSR count). The molecule has 0 saturated heterocycles. The number of carbonyl (C=O) groups excluding carboxylic acids is 1. The lowest BCUT2D eigenvalue weighted by Crippen LogP contribution is -2.19. The molecule has 0 aliphatic heterocycles. The SMILES string of the molecule is Cc1cc(C)cc(CSCC(=O)N/N=C\c2cccc(Br)c2)c1. The summed E-state index contributed by atoms with van der Waals surface area (Å²) in [7, 11) is 0. The van der Waals surface area contributed by atoms with Crippen LogP contribution >= 0.6 is 27.7 Å². The maximum atomic E-state index is 11.8. The van der Waals surface area contributed by atoms with E-state index < -0.39 is 0 Å². The molecule has 0 aromatic heterocycles. The molecule has 0 heterocycles. The van der Waals surface area contributed by atoms with Crippen molar-refractivity contribution < 1.29 is 4.79 Å². The minimum absolute atomic E-state index is 0.0920. The van der Waals surface area contributed by atoms with Gasteiger partial charge in [-0.3, -0.25) is 4.79 Å². The Bertz CT molecular complexity index is 696. The van der Waals surface area contributed by atoms with Crippen LogP contribution < -0.4 is 5.43 Å². The van der Waals surface area contributed by atoms with Crippen LogP contribution in [0.4, 0.5) is 0 Å². The van der Waals surface area contributed by atoms with Crippen molar-refractivity contribution in [2.75, 3.05) is 5.75 Å². The topological polar surface area (TPSA) is 41.5 Å². The third kappa shape index (κ3) is 6.59. The van der Waals surface area contributed by atoms with Gasteiger partial charge in [0.15, 0.2) is 0 Å². The van der Waals surface area contributed by atoms with Crippen LogP contribution in [0.3, 0.4) is 0 Å². The van der Waals surface area contributed by atoms with E-state index in [-0.39, 0.29) is 5.91 Å². The molecule has 0 aliphatic carbocycles. The van der Waals surface area contributed by atoms with Gasteiger partial charge >= 0.3 is 0 Å². The van der Waals surface area contributed by atoms with E-state index in [0.717, 1.165) is 15.8 Å². The quantitative estimate of drug-likeness (QED) is 0.584. The fourth-order valence-electron chi connectivity index (χ4n) is 2.21. The van der Waals surface area contributed by atoms with Gasteiger partial charge in [-0.05, 0) is 37.1 Å². The first kappa shape index (κ1) is 17.8. The summed E-state index contributed by atoms with van der Waals surface area (Å²) >= 11 is 4.98. The van der Waals surface area contributed by atoms with Gasteiger partial charge in [-0.25, -0.2) is 5.43 Å². The zero-order valence-corrected chi connectivity index (χ0v) is 15.6. The van der Waals surface area contributed by atoms with E-state index in [0.29, 0.717) is 5.75 Å². The number of benzene rings is 2. The number of thioether (sulfide) groups is 1. The van der Waals surface area contributed by atoms with Crippen molar-refractivity contribution in [1.82, 2.24) is 5.43 Å². The summed E-state index contributed by atoms with van der Waals surface area (Å²) in [6.07, 6.45) is 1.64. The number of aryl methyl sites for hydroxylation is 2. The molecule has 0 unspecified atom stereocenters. The van der Waals surface area contributed by atoms with Gasteiger partial charge in [0.1, 0.15) is 0 Å². The molecule has 2 aromatic rings. The highest BCUT2D eigenvalue weighted by Gasteiger charge is 2.02. The maximum Gasteiger partial charge on any atom is 0.250 e. The van der Waals surface area contributed by atoms with Crippen LogP contribution in [0.2, 0.25) is 0 Å². The number of halogens is 1. The van der Waals surface area contributed by atoms with E-state index in [1.54, 1.807) is 18.0 Å².